The molecule has 106 valence electrons. The molecule has 3 heterocycles. The van der Waals surface area contributed by atoms with Crippen molar-refractivity contribution in [2.24, 2.45) is 5.92 Å². The summed E-state index contributed by atoms with van der Waals surface area (Å²) in [5.74, 6) is 0.718. The second kappa shape index (κ2) is 5.04. The minimum Gasteiger partial charge on any atom is -0.350 e. The highest BCUT2D eigenvalue weighted by atomic mass is 32.1. The molecule has 0 spiro atoms. The molecular formula is C17H16N2OS. The summed E-state index contributed by atoms with van der Waals surface area (Å²) < 4.78 is 1.15. The van der Waals surface area contributed by atoms with Gasteiger partial charge in [-0.05, 0) is 35.4 Å². The number of amides is 1. The monoisotopic (exact) mass is 296 g/mol. The molecule has 1 fully saturated rings. The molecular weight excluding hydrogens is 280 g/mol. The molecule has 2 aromatic heterocycles. The van der Waals surface area contributed by atoms with E-state index >= 15 is 0 Å². The summed E-state index contributed by atoms with van der Waals surface area (Å²) in [5.41, 5.74) is 3.13. The van der Waals surface area contributed by atoms with Gasteiger partial charge in [0.2, 0.25) is 0 Å². The minimum absolute atomic E-state index is 0.128. The van der Waals surface area contributed by atoms with Crippen molar-refractivity contribution in [3.63, 3.8) is 0 Å². The van der Waals surface area contributed by atoms with Crippen molar-refractivity contribution >= 4 is 27.5 Å². The molecule has 1 amide bonds. The number of fused-ring (bicyclic) bond motifs is 1. The Labute approximate surface area is 127 Å². The SMILES string of the molecule is O=C(c1cc2sccc2[nH]1)N1CC(Cc2ccccc2)C1. The van der Waals surface area contributed by atoms with Crippen LogP contribution in [0.4, 0.5) is 0 Å². The Morgan fingerprint density at radius 3 is 2.81 bits per heavy atom. The van der Waals surface area contributed by atoms with Gasteiger partial charge in [-0.15, -0.1) is 11.3 Å². The van der Waals surface area contributed by atoms with Crippen molar-refractivity contribution in [2.75, 3.05) is 13.1 Å². The number of aromatic nitrogens is 1. The molecule has 1 N–H and O–H groups in total. The summed E-state index contributed by atoms with van der Waals surface area (Å²) in [7, 11) is 0. The van der Waals surface area contributed by atoms with Gasteiger partial charge in [0.1, 0.15) is 5.69 Å². The predicted octanol–water partition coefficient (Wildman–Crippen LogP) is 3.54. The van der Waals surface area contributed by atoms with Gasteiger partial charge >= 0.3 is 0 Å². The quantitative estimate of drug-likeness (QED) is 0.788. The van der Waals surface area contributed by atoms with Crippen LogP contribution in [0.1, 0.15) is 16.1 Å². The van der Waals surface area contributed by atoms with Crippen LogP contribution in [0.5, 0.6) is 0 Å². The summed E-state index contributed by atoms with van der Waals surface area (Å²) >= 11 is 1.66. The zero-order valence-electron chi connectivity index (χ0n) is 11.6. The number of rotatable bonds is 3. The van der Waals surface area contributed by atoms with E-state index in [1.165, 1.54) is 5.56 Å². The Balaban J connectivity index is 1.39. The first-order chi connectivity index (χ1) is 10.3. The van der Waals surface area contributed by atoms with Crippen molar-refractivity contribution < 1.29 is 4.79 Å². The normalized spacial score (nSPS) is 15.3. The third-order valence-electron chi connectivity index (χ3n) is 4.08. The molecule has 0 atom stereocenters. The van der Waals surface area contributed by atoms with E-state index in [1.807, 2.05) is 28.5 Å². The van der Waals surface area contributed by atoms with Gasteiger partial charge < -0.3 is 9.88 Å². The second-order valence-corrected chi connectivity index (χ2v) is 6.60. The average molecular weight is 296 g/mol. The molecule has 3 aromatic rings. The molecule has 1 aliphatic heterocycles. The number of H-pyrrole nitrogens is 1. The number of hydrogen-bond donors (Lipinski definition) is 1. The highest BCUT2D eigenvalue weighted by molar-refractivity contribution is 7.17. The maximum absolute atomic E-state index is 12.4. The van der Waals surface area contributed by atoms with E-state index in [0.717, 1.165) is 35.4 Å². The summed E-state index contributed by atoms with van der Waals surface area (Å²) in [5, 5.41) is 2.04. The van der Waals surface area contributed by atoms with E-state index in [2.05, 4.69) is 29.2 Å². The van der Waals surface area contributed by atoms with Crippen LogP contribution in [0, 0.1) is 5.92 Å². The van der Waals surface area contributed by atoms with Crippen molar-refractivity contribution in [1.82, 2.24) is 9.88 Å². The fourth-order valence-electron chi connectivity index (χ4n) is 2.95. The van der Waals surface area contributed by atoms with Crippen LogP contribution in [0.2, 0.25) is 0 Å². The van der Waals surface area contributed by atoms with Crippen molar-refractivity contribution in [3.05, 3.63) is 59.1 Å². The fraction of sp³-hybridized carbons (Fsp3) is 0.235. The van der Waals surface area contributed by atoms with E-state index in [4.69, 9.17) is 0 Å². The highest BCUT2D eigenvalue weighted by Gasteiger charge is 2.31. The van der Waals surface area contributed by atoms with E-state index in [0.29, 0.717) is 5.92 Å². The number of hydrogen-bond acceptors (Lipinski definition) is 2. The highest BCUT2D eigenvalue weighted by Crippen LogP contribution is 2.25. The topological polar surface area (TPSA) is 36.1 Å². The average Bonchev–Trinajstić information content (AvgIpc) is 3.04. The second-order valence-electron chi connectivity index (χ2n) is 5.65. The van der Waals surface area contributed by atoms with Crippen LogP contribution in [0.25, 0.3) is 10.2 Å². The molecule has 21 heavy (non-hydrogen) atoms. The van der Waals surface area contributed by atoms with E-state index in [-0.39, 0.29) is 5.91 Å². The third-order valence-corrected chi connectivity index (χ3v) is 4.95. The number of likely N-dealkylation sites (tertiary alicyclic amines) is 1. The number of benzene rings is 1. The number of carbonyl (C=O) groups is 1. The zero-order valence-corrected chi connectivity index (χ0v) is 12.4. The third kappa shape index (κ3) is 2.36. The van der Waals surface area contributed by atoms with E-state index < -0.39 is 0 Å². The van der Waals surface area contributed by atoms with Crippen molar-refractivity contribution in [3.8, 4) is 0 Å². The summed E-state index contributed by atoms with van der Waals surface area (Å²) in [6, 6.07) is 14.5. The molecule has 1 aromatic carbocycles. The summed E-state index contributed by atoms with van der Waals surface area (Å²) in [4.78, 5) is 17.5. The molecule has 0 bridgehead atoms. The molecule has 0 radical (unpaired) electrons. The van der Waals surface area contributed by atoms with Gasteiger partial charge in [0.25, 0.3) is 5.91 Å². The number of aromatic amines is 1. The van der Waals surface area contributed by atoms with Gasteiger partial charge in [-0.3, -0.25) is 4.79 Å². The first-order valence-corrected chi connectivity index (χ1v) is 8.07. The number of nitrogens with one attached hydrogen (secondary N) is 1. The maximum Gasteiger partial charge on any atom is 0.270 e. The molecule has 1 aliphatic rings. The van der Waals surface area contributed by atoms with Crippen molar-refractivity contribution in [1.29, 1.82) is 0 Å². The van der Waals surface area contributed by atoms with Gasteiger partial charge in [0.15, 0.2) is 0 Å². The maximum atomic E-state index is 12.4. The molecule has 3 nitrogen and oxygen atoms in total. The molecule has 4 heteroatoms. The number of carbonyl (C=O) groups excluding carboxylic acids is 1. The molecule has 1 saturated heterocycles. The lowest BCUT2D eigenvalue weighted by Crippen LogP contribution is -2.50. The Morgan fingerprint density at radius 2 is 2.05 bits per heavy atom. The Hall–Kier alpha value is -2.07. The minimum atomic E-state index is 0.128. The number of nitrogens with zero attached hydrogens (tertiary/aromatic N) is 1. The first kappa shape index (κ1) is 12.7. The van der Waals surface area contributed by atoms with Crippen LogP contribution in [-0.2, 0) is 6.42 Å². The van der Waals surface area contributed by atoms with Gasteiger partial charge in [-0.2, -0.15) is 0 Å². The van der Waals surface area contributed by atoms with Crippen LogP contribution in [0.3, 0.4) is 0 Å². The van der Waals surface area contributed by atoms with Crippen LogP contribution < -0.4 is 0 Å². The predicted molar refractivity (Wildman–Crippen MR) is 85.7 cm³/mol. The zero-order chi connectivity index (χ0) is 14.2. The fourth-order valence-corrected chi connectivity index (χ4v) is 3.73. The first-order valence-electron chi connectivity index (χ1n) is 7.19. The van der Waals surface area contributed by atoms with Gasteiger partial charge in [-0.25, -0.2) is 0 Å². The summed E-state index contributed by atoms with van der Waals surface area (Å²) in [6.07, 6.45) is 1.06. The van der Waals surface area contributed by atoms with Crippen LogP contribution >= 0.6 is 11.3 Å². The lowest BCUT2D eigenvalue weighted by molar-refractivity contribution is 0.0496. The van der Waals surface area contributed by atoms with E-state index in [1.54, 1.807) is 11.3 Å². The molecule has 0 saturated carbocycles. The van der Waals surface area contributed by atoms with Crippen LogP contribution in [-0.4, -0.2) is 28.9 Å². The Kier molecular flexibility index (Phi) is 3.04. The lowest BCUT2D eigenvalue weighted by atomic mass is 9.92. The van der Waals surface area contributed by atoms with Gasteiger partial charge in [0, 0.05) is 13.1 Å². The molecule has 4 rings (SSSR count). The Bertz CT molecular complexity index is 740. The van der Waals surface area contributed by atoms with Crippen molar-refractivity contribution in [2.45, 2.75) is 6.42 Å². The molecule has 0 unspecified atom stereocenters. The van der Waals surface area contributed by atoms with Crippen LogP contribution in [0.15, 0.2) is 47.8 Å². The van der Waals surface area contributed by atoms with Gasteiger partial charge in [-0.1, -0.05) is 30.3 Å². The largest absolute Gasteiger partial charge is 0.350 e. The lowest BCUT2D eigenvalue weighted by Gasteiger charge is -2.39. The summed E-state index contributed by atoms with van der Waals surface area (Å²) in [6.45, 7) is 1.72. The molecule has 0 aliphatic carbocycles. The van der Waals surface area contributed by atoms with E-state index in [9.17, 15) is 4.79 Å². The van der Waals surface area contributed by atoms with Gasteiger partial charge in [0.05, 0.1) is 10.2 Å². The smallest absolute Gasteiger partial charge is 0.270 e. The Morgan fingerprint density at radius 1 is 1.24 bits per heavy atom. The standard InChI is InChI=1S/C17H16N2OS/c20-17(15-9-16-14(18-15)6-7-21-16)19-10-13(11-19)8-12-4-2-1-3-5-12/h1-7,9,13,18H,8,10-11H2. The number of thiophene rings is 1.